The van der Waals surface area contributed by atoms with Gasteiger partial charge in [-0.05, 0) is 18.8 Å². The first-order valence-corrected chi connectivity index (χ1v) is 6.12. The number of aromatic amines is 1. The third-order valence-corrected chi connectivity index (χ3v) is 3.56. The van der Waals surface area contributed by atoms with Crippen LogP contribution in [0.3, 0.4) is 0 Å². The normalized spacial score (nSPS) is 18.2. The zero-order valence-electron chi connectivity index (χ0n) is 9.55. The van der Waals surface area contributed by atoms with E-state index < -0.39 is 0 Å². The van der Waals surface area contributed by atoms with Crippen molar-refractivity contribution in [3.63, 3.8) is 0 Å². The number of nitrogens with zero attached hydrogens (tertiary/aromatic N) is 1. The molecule has 15 heavy (non-hydrogen) atoms. The molecule has 0 bridgehead atoms. The summed E-state index contributed by atoms with van der Waals surface area (Å²) in [6.45, 7) is 2.14. The van der Waals surface area contributed by atoms with Gasteiger partial charge in [-0.1, -0.05) is 39.0 Å². The van der Waals surface area contributed by atoms with Crippen LogP contribution in [0.4, 0.5) is 5.82 Å². The summed E-state index contributed by atoms with van der Waals surface area (Å²) in [5.74, 6) is 1.55. The summed E-state index contributed by atoms with van der Waals surface area (Å²) in [6, 6.07) is 0. The quantitative estimate of drug-likeness (QED) is 0.800. The molecule has 84 valence electrons. The molecule has 1 aromatic rings. The Hall–Kier alpha value is -0.990. The van der Waals surface area contributed by atoms with Gasteiger partial charge in [-0.3, -0.25) is 5.10 Å². The van der Waals surface area contributed by atoms with Crippen molar-refractivity contribution >= 4 is 5.82 Å². The smallest absolute Gasteiger partial charge is 0.148 e. The second kappa shape index (κ2) is 4.69. The Morgan fingerprint density at radius 1 is 1.33 bits per heavy atom. The van der Waals surface area contributed by atoms with Crippen molar-refractivity contribution in [1.29, 1.82) is 0 Å². The number of nitrogens with two attached hydrogens (primary N) is 1. The summed E-state index contributed by atoms with van der Waals surface area (Å²) in [4.78, 5) is 0. The second-order valence-electron chi connectivity index (χ2n) is 4.63. The van der Waals surface area contributed by atoms with E-state index in [-0.39, 0.29) is 0 Å². The Morgan fingerprint density at radius 2 is 2.07 bits per heavy atom. The van der Waals surface area contributed by atoms with Crippen molar-refractivity contribution in [3.8, 4) is 0 Å². The van der Waals surface area contributed by atoms with E-state index in [0.717, 1.165) is 18.8 Å². The van der Waals surface area contributed by atoms with Gasteiger partial charge in [0.2, 0.25) is 0 Å². The van der Waals surface area contributed by atoms with Crippen LogP contribution in [0.2, 0.25) is 0 Å². The maximum Gasteiger partial charge on any atom is 0.148 e. The van der Waals surface area contributed by atoms with Crippen LogP contribution < -0.4 is 5.73 Å². The fraction of sp³-hybridized carbons (Fsp3) is 0.750. The summed E-state index contributed by atoms with van der Waals surface area (Å²) in [5, 5.41) is 7.20. The average Bonchev–Trinajstić information content (AvgIpc) is 2.61. The van der Waals surface area contributed by atoms with Gasteiger partial charge in [0.05, 0.1) is 0 Å². The second-order valence-corrected chi connectivity index (χ2v) is 4.63. The summed E-state index contributed by atoms with van der Waals surface area (Å²) in [6.07, 6.45) is 9.11. The summed E-state index contributed by atoms with van der Waals surface area (Å²) in [7, 11) is 0. The van der Waals surface area contributed by atoms with Gasteiger partial charge in [-0.25, -0.2) is 0 Å². The van der Waals surface area contributed by atoms with Gasteiger partial charge >= 0.3 is 0 Å². The molecule has 0 aromatic carbocycles. The third kappa shape index (κ3) is 2.33. The first kappa shape index (κ1) is 10.5. The zero-order valence-corrected chi connectivity index (χ0v) is 9.55. The lowest BCUT2D eigenvalue weighted by molar-refractivity contribution is 0.353. The van der Waals surface area contributed by atoms with E-state index in [1.807, 2.05) is 0 Å². The predicted molar refractivity (Wildman–Crippen MR) is 62.7 cm³/mol. The molecule has 1 heterocycles. The van der Waals surface area contributed by atoms with Gasteiger partial charge in [0, 0.05) is 11.3 Å². The molecule has 1 aliphatic rings. The Morgan fingerprint density at radius 3 is 2.73 bits per heavy atom. The lowest BCUT2D eigenvalue weighted by atomic mass is 9.85. The van der Waals surface area contributed by atoms with E-state index in [1.165, 1.54) is 43.4 Å². The van der Waals surface area contributed by atoms with E-state index in [9.17, 15) is 0 Å². The largest absolute Gasteiger partial charge is 0.382 e. The predicted octanol–water partition coefficient (Wildman–Crippen LogP) is 2.68. The summed E-state index contributed by atoms with van der Waals surface area (Å²) < 4.78 is 0. The Kier molecular flexibility index (Phi) is 3.29. The molecule has 3 N–H and O–H groups in total. The Labute approximate surface area is 91.4 Å². The molecule has 0 amide bonds. The summed E-state index contributed by atoms with van der Waals surface area (Å²) >= 11 is 0. The molecule has 0 atom stereocenters. The lowest BCUT2D eigenvalue weighted by Crippen LogP contribution is -2.10. The minimum absolute atomic E-state index is 0.698. The molecule has 3 heteroatoms. The van der Waals surface area contributed by atoms with Crippen molar-refractivity contribution in [2.75, 3.05) is 5.73 Å². The fourth-order valence-electron chi connectivity index (χ4n) is 2.66. The highest BCUT2D eigenvalue weighted by Crippen LogP contribution is 2.28. The number of nitrogen functional groups attached to an aromatic ring is 1. The Bertz CT molecular complexity index is 311. The van der Waals surface area contributed by atoms with Gasteiger partial charge in [-0.15, -0.1) is 0 Å². The molecule has 0 saturated heterocycles. The van der Waals surface area contributed by atoms with Crippen molar-refractivity contribution < 1.29 is 0 Å². The first-order chi connectivity index (χ1) is 7.31. The zero-order chi connectivity index (χ0) is 10.7. The molecule has 0 spiro atoms. The van der Waals surface area contributed by atoms with Crippen LogP contribution in [0.15, 0.2) is 0 Å². The van der Waals surface area contributed by atoms with E-state index in [4.69, 9.17) is 5.73 Å². The monoisotopic (exact) mass is 207 g/mol. The average molecular weight is 207 g/mol. The number of hydrogen-bond donors (Lipinski definition) is 2. The highest BCUT2D eigenvalue weighted by atomic mass is 15.2. The number of hydrogen-bond acceptors (Lipinski definition) is 2. The molecule has 1 aliphatic carbocycles. The molecule has 0 radical (unpaired) electrons. The highest BCUT2D eigenvalue weighted by Gasteiger charge is 2.17. The molecule has 3 nitrogen and oxygen atoms in total. The van der Waals surface area contributed by atoms with Crippen LogP contribution >= 0.6 is 0 Å². The maximum absolute atomic E-state index is 5.81. The van der Waals surface area contributed by atoms with Crippen LogP contribution in [-0.4, -0.2) is 10.2 Å². The molecular formula is C12H21N3. The van der Waals surface area contributed by atoms with Gasteiger partial charge in [-0.2, -0.15) is 5.10 Å². The minimum atomic E-state index is 0.698. The van der Waals surface area contributed by atoms with E-state index >= 15 is 0 Å². The van der Waals surface area contributed by atoms with Crippen LogP contribution in [0.1, 0.15) is 50.3 Å². The molecular weight excluding hydrogens is 186 g/mol. The standard InChI is InChI=1S/C12H21N3/c1-2-10-11(14-15-12(10)13)8-9-6-4-3-5-7-9/h9H,2-8H2,1H3,(H3,13,14,15). The molecule has 1 aromatic heterocycles. The summed E-state index contributed by atoms with van der Waals surface area (Å²) in [5.41, 5.74) is 8.33. The molecule has 2 rings (SSSR count). The lowest BCUT2D eigenvalue weighted by Gasteiger charge is -2.21. The van der Waals surface area contributed by atoms with Crippen LogP contribution in [0.5, 0.6) is 0 Å². The number of aromatic nitrogens is 2. The van der Waals surface area contributed by atoms with E-state index in [0.29, 0.717) is 5.82 Å². The van der Waals surface area contributed by atoms with Crippen LogP contribution in [0, 0.1) is 5.92 Å². The third-order valence-electron chi connectivity index (χ3n) is 3.56. The van der Waals surface area contributed by atoms with E-state index in [2.05, 4.69) is 17.1 Å². The highest BCUT2D eigenvalue weighted by molar-refractivity contribution is 5.42. The van der Waals surface area contributed by atoms with Crippen molar-refractivity contribution in [3.05, 3.63) is 11.3 Å². The van der Waals surface area contributed by atoms with Crippen molar-refractivity contribution in [2.24, 2.45) is 5.92 Å². The maximum atomic E-state index is 5.81. The number of rotatable bonds is 3. The van der Waals surface area contributed by atoms with Crippen LogP contribution in [-0.2, 0) is 12.8 Å². The number of H-pyrrole nitrogens is 1. The van der Waals surface area contributed by atoms with Gasteiger partial charge in [0.1, 0.15) is 5.82 Å². The number of nitrogens with one attached hydrogen (secondary N) is 1. The van der Waals surface area contributed by atoms with E-state index in [1.54, 1.807) is 0 Å². The van der Waals surface area contributed by atoms with Gasteiger partial charge in [0.15, 0.2) is 0 Å². The van der Waals surface area contributed by atoms with Crippen molar-refractivity contribution in [2.45, 2.75) is 51.9 Å². The van der Waals surface area contributed by atoms with Crippen LogP contribution in [0.25, 0.3) is 0 Å². The Balaban J connectivity index is 2.02. The minimum Gasteiger partial charge on any atom is -0.382 e. The van der Waals surface area contributed by atoms with Crippen molar-refractivity contribution in [1.82, 2.24) is 10.2 Å². The molecule has 1 fully saturated rings. The molecule has 0 unspecified atom stereocenters. The SMILES string of the molecule is CCc1c(N)n[nH]c1CC1CCCCC1. The number of anilines is 1. The first-order valence-electron chi connectivity index (χ1n) is 6.12. The topological polar surface area (TPSA) is 54.7 Å². The van der Waals surface area contributed by atoms with Gasteiger partial charge < -0.3 is 5.73 Å². The van der Waals surface area contributed by atoms with Gasteiger partial charge in [0.25, 0.3) is 0 Å². The fourth-order valence-corrected chi connectivity index (χ4v) is 2.66. The molecule has 0 aliphatic heterocycles. The molecule has 1 saturated carbocycles.